The van der Waals surface area contributed by atoms with Gasteiger partial charge in [-0.2, -0.15) is 0 Å². The minimum atomic E-state index is -4.10. The van der Waals surface area contributed by atoms with Gasteiger partial charge < -0.3 is 35.3 Å². The summed E-state index contributed by atoms with van der Waals surface area (Å²) in [5.74, 6) is -2.29. The lowest BCUT2D eigenvalue weighted by molar-refractivity contribution is -0.136. The quantitative estimate of drug-likeness (QED) is 0.200. The summed E-state index contributed by atoms with van der Waals surface area (Å²) in [5.41, 5.74) is 0. The smallest absolute Gasteiger partial charge is 0.339 e. The Balaban J connectivity index is -0.000000295. The van der Waals surface area contributed by atoms with E-state index in [0.717, 1.165) is 0 Å². The second-order valence-corrected chi connectivity index (χ2v) is 6.58. The van der Waals surface area contributed by atoms with Crippen LogP contribution in [0.5, 0.6) is 0 Å². The summed E-state index contributed by atoms with van der Waals surface area (Å²) in [5, 5.41) is 20.1. The van der Waals surface area contributed by atoms with Gasteiger partial charge in [0.2, 0.25) is 0 Å². The molecule has 0 saturated heterocycles. The van der Waals surface area contributed by atoms with Crippen LogP contribution in [-0.4, -0.2) is 72.9 Å². The summed E-state index contributed by atoms with van der Waals surface area (Å²) in [4.78, 5) is 52.3. The lowest BCUT2D eigenvalue weighted by Crippen LogP contribution is -2.23. The van der Waals surface area contributed by atoms with Crippen molar-refractivity contribution in [2.24, 2.45) is 0 Å². The maximum absolute atomic E-state index is 10.1. The minimum absolute atomic E-state index is 0. The molecule has 0 heterocycles. The largest absolute Gasteiger partial charge is 0.480 e. The predicted molar refractivity (Wildman–Crippen MR) is 68.7 cm³/mol. The highest BCUT2D eigenvalue weighted by Crippen LogP contribution is 2.32. The van der Waals surface area contributed by atoms with Gasteiger partial charge in [-0.15, -0.1) is 0 Å². The fourth-order valence-electron chi connectivity index (χ4n) is 0.617. The first-order valence-electron chi connectivity index (χ1n) is 4.77. The molecule has 0 saturated carbocycles. The summed E-state index contributed by atoms with van der Waals surface area (Å²) in [6.07, 6.45) is -1.20. The van der Waals surface area contributed by atoms with E-state index in [1.165, 1.54) is 0 Å². The van der Waals surface area contributed by atoms with Gasteiger partial charge in [0, 0.05) is 0 Å². The van der Waals surface area contributed by atoms with E-state index in [-0.39, 0.29) is 5.48 Å². The number of rotatable bonds is 8. The Morgan fingerprint density at radius 2 is 1.00 bits per heavy atom. The van der Waals surface area contributed by atoms with Crippen molar-refractivity contribution < 1.29 is 54.0 Å². The molecule has 0 fully saturated rings. The Kier molecular flexibility index (Phi) is 14.0. The molecule has 0 unspecified atom stereocenters. The summed E-state index contributed by atoms with van der Waals surface area (Å²) < 4.78 is 20.1. The Labute approximate surface area is 118 Å². The Morgan fingerprint density at radius 1 is 0.762 bits per heavy atom. The number of hydrogen-bond donors (Lipinski definition) is 8. The van der Waals surface area contributed by atoms with Crippen molar-refractivity contribution in [2.45, 2.75) is 0 Å². The number of carboxylic acids is 2. The molecule has 0 atom stereocenters. The molecule has 0 aromatic rings. The van der Waals surface area contributed by atoms with E-state index in [9.17, 15) is 18.7 Å². The van der Waals surface area contributed by atoms with Gasteiger partial charge in [-0.3, -0.25) is 29.4 Å². The lowest BCUT2D eigenvalue weighted by Gasteiger charge is -2.02. The maximum atomic E-state index is 10.1. The zero-order valence-corrected chi connectivity index (χ0v) is 12.3. The summed E-state index contributed by atoms with van der Waals surface area (Å²) in [6.45, 7) is -0.879. The normalized spacial score (nSPS) is 10.9. The molecule has 0 aliphatic rings. The fourth-order valence-corrected chi connectivity index (χ4v) is 1.42. The molecule has 0 spiro atoms. The molecule has 0 aromatic carbocycles. The molecular formula is C6H18N2O11P2. The SMILES string of the molecule is O.O=C(O)CNCP(=O)(O)O.O=C(O)CNCP(=O)(O)O. The van der Waals surface area contributed by atoms with Gasteiger partial charge in [0.25, 0.3) is 0 Å². The van der Waals surface area contributed by atoms with Gasteiger partial charge >= 0.3 is 27.1 Å². The molecule has 10 N–H and O–H groups in total. The van der Waals surface area contributed by atoms with Crippen LogP contribution in [-0.2, 0) is 18.7 Å². The van der Waals surface area contributed by atoms with Gasteiger partial charge in [0.05, 0.1) is 25.7 Å². The van der Waals surface area contributed by atoms with E-state index in [2.05, 4.69) is 10.6 Å². The highest BCUT2D eigenvalue weighted by Gasteiger charge is 2.12. The van der Waals surface area contributed by atoms with Crippen molar-refractivity contribution in [1.29, 1.82) is 0 Å². The molecule has 15 heteroatoms. The first-order chi connectivity index (χ1) is 8.83. The highest BCUT2D eigenvalue weighted by atomic mass is 31.2. The van der Waals surface area contributed by atoms with Gasteiger partial charge in [0.15, 0.2) is 0 Å². The van der Waals surface area contributed by atoms with Crippen LogP contribution in [0.2, 0.25) is 0 Å². The van der Waals surface area contributed by atoms with Gasteiger partial charge in [0.1, 0.15) is 0 Å². The van der Waals surface area contributed by atoms with Crippen molar-refractivity contribution >= 4 is 27.1 Å². The molecule has 0 amide bonds. The van der Waals surface area contributed by atoms with E-state index in [0.29, 0.717) is 0 Å². The van der Waals surface area contributed by atoms with Crippen LogP contribution in [0, 0.1) is 0 Å². The molecule has 0 aliphatic heterocycles. The maximum Gasteiger partial charge on any atom is 0.339 e. The van der Waals surface area contributed by atoms with Crippen LogP contribution in [0.25, 0.3) is 0 Å². The van der Waals surface area contributed by atoms with Crippen molar-refractivity contribution in [2.75, 3.05) is 25.7 Å². The number of nitrogens with one attached hydrogen (secondary N) is 2. The average molecular weight is 356 g/mol. The van der Waals surface area contributed by atoms with Crippen molar-refractivity contribution in [3.05, 3.63) is 0 Å². The number of hydrogen-bond acceptors (Lipinski definition) is 6. The van der Waals surface area contributed by atoms with Crippen LogP contribution in [0.3, 0.4) is 0 Å². The molecule has 0 rings (SSSR count). The minimum Gasteiger partial charge on any atom is -0.480 e. The third-order valence-electron chi connectivity index (χ3n) is 1.19. The fraction of sp³-hybridized carbons (Fsp3) is 0.667. The Morgan fingerprint density at radius 3 is 1.14 bits per heavy atom. The summed E-state index contributed by atoms with van der Waals surface area (Å²) in [6, 6.07) is 0. The van der Waals surface area contributed by atoms with Crippen LogP contribution in [0.4, 0.5) is 0 Å². The predicted octanol–water partition coefficient (Wildman–Crippen LogP) is -3.23. The molecule has 13 nitrogen and oxygen atoms in total. The van der Waals surface area contributed by atoms with E-state index in [1.54, 1.807) is 0 Å². The zero-order valence-electron chi connectivity index (χ0n) is 10.5. The monoisotopic (exact) mass is 356 g/mol. The lowest BCUT2D eigenvalue weighted by atomic mass is 10.7. The first-order valence-corrected chi connectivity index (χ1v) is 8.37. The van der Waals surface area contributed by atoms with Crippen molar-refractivity contribution in [3.8, 4) is 0 Å². The van der Waals surface area contributed by atoms with Crippen LogP contribution in [0.1, 0.15) is 0 Å². The van der Waals surface area contributed by atoms with E-state index in [4.69, 9.17) is 29.8 Å². The standard InChI is InChI=1S/2C3H8NO5P.H2O/c2*5-3(6)1-4-2-10(7,8)9;/h2*4H,1-2H2,(H,5,6)(H2,7,8,9);1H2. The van der Waals surface area contributed by atoms with Crippen LogP contribution >= 0.6 is 15.2 Å². The third kappa shape index (κ3) is 32.6. The molecule has 0 aromatic heterocycles. The van der Waals surface area contributed by atoms with Gasteiger partial charge in [-0.25, -0.2) is 0 Å². The van der Waals surface area contributed by atoms with Gasteiger partial charge in [-0.05, 0) is 0 Å². The second kappa shape index (κ2) is 11.7. The van der Waals surface area contributed by atoms with Crippen LogP contribution < -0.4 is 10.6 Å². The molecule has 0 radical (unpaired) electrons. The summed E-state index contributed by atoms with van der Waals surface area (Å²) >= 11 is 0. The Bertz CT molecular complexity index is 364. The second-order valence-electron chi connectivity index (χ2n) is 3.29. The molecular weight excluding hydrogens is 338 g/mol. The number of carboxylic acid groups (broad SMARTS) is 2. The summed E-state index contributed by atoms with van der Waals surface area (Å²) in [7, 11) is -8.19. The number of carbonyl (C=O) groups is 2. The zero-order chi connectivity index (χ0) is 16.4. The topological polar surface area (TPSA) is 245 Å². The van der Waals surface area contributed by atoms with Gasteiger partial charge in [-0.1, -0.05) is 0 Å². The highest BCUT2D eigenvalue weighted by molar-refractivity contribution is 7.51. The molecule has 21 heavy (non-hydrogen) atoms. The van der Waals surface area contributed by atoms with Crippen LogP contribution in [0.15, 0.2) is 0 Å². The van der Waals surface area contributed by atoms with E-state index < -0.39 is 52.8 Å². The number of aliphatic carboxylic acids is 2. The molecule has 0 aliphatic carbocycles. The Hall–Kier alpha value is -0.880. The van der Waals surface area contributed by atoms with E-state index in [1.807, 2.05) is 0 Å². The van der Waals surface area contributed by atoms with Crippen molar-refractivity contribution in [1.82, 2.24) is 10.6 Å². The van der Waals surface area contributed by atoms with Crippen molar-refractivity contribution in [3.63, 3.8) is 0 Å². The molecule has 0 bridgehead atoms. The third-order valence-corrected chi connectivity index (χ3v) is 2.46. The first kappa shape index (κ1) is 25.1. The molecule has 128 valence electrons. The van der Waals surface area contributed by atoms with E-state index >= 15 is 0 Å². The average Bonchev–Trinajstić information content (AvgIpc) is 2.12.